The lowest BCUT2D eigenvalue weighted by molar-refractivity contribution is 0.0112. The van der Waals surface area contributed by atoms with Gasteiger partial charge in [0.05, 0.1) is 24.5 Å². The molecule has 1 atom stereocenters. The monoisotopic (exact) mass is 227 g/mol. The van der Waals surface area contributed by atoms with Crippen LogP contribution in [0, 0.1) is 5.82 Å². The topological polar surface area (TPSA) is 41.5 Å². The Hall–Kier alpha value is -1.13. The summed E-state index contributed by atoms with van der Waals surface area (Å²) in [7, 11) is 0. The van der Waals surface area contributed by atoms with Gasteiger partial charge in [-0.3, -0.25) is 0 Å². The number of anilines is 1. The van der Waals surface area contributed by atoms with Crippen LogP contribution in [0.2, 0.25) is 0 Å². The Morgan fingerprint density at radius 3 is 2.69 bits per heavy atom. The van der Waals surface area contributed by atoms with Gasteiger partial charge in [0.1, 0.15) is 5.82 Å². The zero-order chi connectivity index (χ0) is 12.0. The first-order valence-electron chi connectivity index (χ1n) is 5.37. The van der Waals surface area contributed by atoms with E-state index in [-0.39, 0.29) is 25.1 Å². The first-order chi connectivity index (χ1) is 7.59. The maximum atomic E-state index is 13.2. The second-order valence-electron chi connectivity index (χ2n) is 3.90. The van der Waals surface area contributed by atoms with Crippen LogP contribution in [0.1, 0.15) is 13.8 Å². The van der Waals surface area contributed by atoms with Crippen LogP contribution in [0.3, 0.4) is 0 Å². The Morgan fingerprint density at radius 1 is 1.38 bits per heavy atom. The van der Waals surface area contributed by atoms with E-state index < -0.39 is 6.10 Å². The molecule has 0 fully saturated rings. The van der Waals surface area contributed by atoms with E-state index in [1.54, 1.807) is 18.2 Å². The van der Waals surface area contributed by atoms with Gasteiger partial charge in [0.2, 0.25) is 0 Å². The summed E-state index contributed by atoms with van der Waals surface area (Å²) in [6.07, 6.45) is -0.551. The summed E-state index contributed by atoms with van der Waals surface area (Å²) in [4.78, 5) is 0. The lowest BCUT2D eigenvalue weighted by atomic mass is 10.3. The lowest BCUT2D eigenvalue weighted by Gasteiger charge is -2.15. The third-order valence-electron chi connectivity index (χ3n) is 2.02. The van der Waals surface area contributed by atoms with Crippen LogP contribution in [-0.4, -0.2) is 30.5 Å². The number of halogens is 1. The van der Waals surface area contributed by atoms with Crippen LogP contribution in [0.15, 0.2) is 24.3 Å². The first-order valence-corrected chi connectivity index (χ1v) is 5.37. The number of aliphatic hydroxyl groups is 1. The summed E-state index contributed by atoms with van der Waals surface area (Å²) in [5.41, 5.74) is 0.395. The van der Waals surface area contributed by atoms with Gasteiger partial charge < -0.3 is 15.2 Å². The molecule has 16 heavy (non-hydrogen) atoms. The molecule has 3 nitrogen and oxygen atoms in total. The SMILES string of the molecule is CC(C)OCC(O)CNc1ccccc1F. The minimum atomic E-state index is -0.637. The Kier molecular flexibility index (Phi) is 5.22. The van der Waals surface area contributed by atoms with Crippen molar-refractivity contribution in [3.63, 3.8) is 0 Å². The van der Waals surface area contributed by atoms with Crippen LogP contribution in [0.5, 0.6) is 0 Å². The molecule has 2 N–H and O–H groups in total. The highest BCUT2D eigenvalue weighted by molar-refractivity contribution is 5.44. The molecule has 0 radical (unpaired) electrons. The largest absolute Gasteiger partial charge is 0.389 e. The second kappa shape index (κ2) is 6.45. The van der Waals surface area contributed by atoms with Gasteiger partial charge in [-0.2, -0.15) is 0 Å². The van der Waals surface area contributed by atoms with Gasteiger partial charge in [-0.15, -0.1) is 0 Å². The predicted molar refractivity (Wildman–Crippen MR) is 62.0 cm³/mol. The van der Waals surface area contributed by atoms with Crippen molar-refractivity contribution in [2.45, 2.75) is 26.1 Å². The van der Waals surface area contributed by atoms with Crippen molar-refractivity contribution in [3.8, 4) is 0 Å². The molecule has 1 unspecified atom stereocenters. The van der Waals surface area contributed by atoms with Crippen molar-refractivity contribution in [2.24, 2.45) is 0 Å². The molecule has 0 saturated carbocycles. The third kappa shape index (κ3) is 4.59. The minimum Gasteiger partial charge on any atom is -0.389 e. The van der Waals surface area contributed by atoms with Gasteiger partial charge in [-0.05, 0) is 26.0 Å². The molecule has 0 amide bonds. The van der Waals surface area contributed by atoms with Gasteiger partial charge in [-0.1, -0.05) is 12.1 Å². The summed E-state index contributed by atoms with van der Waals surface area (Å²) in [6, 6.07) is 6.37. The number of nitrogens with one attached hydrogen (secondary N) is 1. The van der Waals surface area contributed by atoms with E-state index in [0.717, 1.165) is 0 Å². The van der Waals surface area contributed by atoms with Crippen molar-refractivity contribution in [2.75, 3.05) is 18.5 Å². The van der Waals surface area contributed by atoms with Crippen molar-refractivity contribution >= 4 is 5.69 Å². The van der Waals surface area contributed by atoms with Gasteiger partial charge in [0.15, 0.2) is 0 Å². The smallest absolute Gasteiger partial charge is 0.146 e. The molecule has 90 valence electrons. The Labute approximate surface area is 95.2 Å². The Balaban J connectivity index is 2.31. The molecule has 0 aliphatic carbocycles. The van der Waals surface area contributed by atoms with Crippen molar-refractivity contribution in [1.82, 2.24) is 0 Å². The fourth-order valence-electron chi connectivity index (χ4n) is 1.19. The number of rotatable bonds is 6. The van der Waals surface area contributed by atoms with Crippen molar-refractivity contribution in [1.29, 1.82) is 0 Å². The molecule has 1 rings (SSSR count). The van der Waals surface area contributed by atoms with E-state index in [1.165, 1.54) is 6.07 Å². The first kappa shape index (κ1) is 12.9. The maximum absolute atomic E-state index is 13.2. The molecule has 0 saturated heterocycles. The van der Waals surface area contributed by atoms with Crippen LogP contribution in [0.4, 0.5) is 10.1 Å². The van der Waals surface area contributed by atoms with Crippen molar-refractivity contribution in [3.05, 3.63) is 30.1 Å². The maximum Gasteiger partial charge on any atom is 0.146 e. The standard InChI is InChI=1S/C12H18FNO2/c1-9(2)16-8-10(15)7-14-12-6-4-3-5-11(12)13/h3-6,9-10,14-15H,7-8H2,1-2H3. The Morgan fingerprint density at radius 2 is 2.06 bits per heavy atom. The molecule has 0 heterocycles. The van der Waals surface area contributed by atoms with E-state index in [1.807, 2.05) is 13.8 Å². The average Bonchev–Trinajstić information content (AvgIpc) is 2.25. The molecule has 0 spiro atoms. The Bertz CT molecular complexity index is 318. The zero-order valence-electron chi connectivity index (χ0n) is 9.61. The summed E-state index contributed by atoms with van der Waals surface area (Å²) in [6.45, 7) is 4.32. The highest BCUT2D eigenvalue weighted by Gasteiger charge is 2.07. The molecular weight excluding hydrogens is 209 g/mol. The van der Waals surface area contributed by atoms with Gasteiger partial charge in [-0.25, -0.2) is 4.39 Å². The number of hydrogen-bond donors (Lipinski definition) is 2. The molecule has 4 heteroatoms. The number of hydrogen-bond acceptors (Lipinski definition) is 3. The highest BCUT2D eigenvalue weighted by atomic mass is 19.1. The lowest BCUT2D eigenvalue weighted by Crippen LogP contribution is -2.26. The summed E-state index contributed by atoms with van der Waals surface area (Å²) in [5.74, 6) is -0.320. The summed E-state index contributed by atoms with van der Waals surface area (Å²) < 4.78 is 18.4. The molecule has 0 aliphatic heterocycles. The molecule has 0 aromatic heterocycles. The van der Waals surface area contributed by atoms with Crippen LogP contribution in [0.25, 0.3) is 0 Å². The number of aliphatic hydroxyl groups excluding tert-OH is 1. The van der Waals surface area contributed by atoms with Gasteiger partial charge in [0.25, 0.3) is 0 Å². The molecule has 0 bridgehead atoms. The van der Waals surface area contributed by atoms with Crippen molar-refractivity contribution < 1.29 is 14.2 Å². The van der Waals surface area contributed by atoms with Gasteiger partial charge >= 0.3 is 0 Å². The van der Waals surface area contributed by atoms with Crippen LogP contribution in [-0.2, 0) is 4.74 Å². The fourth-order valence-corrected chi connectivity index (χ4v) is 1.19. The number of ether oxygens (including phenoxy) is 1. The molecule has 0 aliphatic rings. The predicted octanol–water partition coefficient (Wildman–Crippen LogP) is 2.02. The minimum absolute atomic E-state index is 0.0862. The highest BCUT2D eigenvalue weighted by Crippen LogP contribution is 2.11. The number of benzene rings is 1. The zero-order valence-corrected chi connectivity index (χ0v) is 9.61. The normalized spacial score (nSPS) is 12.8. The van der Waals surface area contributed by atoms with Gasteiger partial charge in [0, 0.05) is 6.54 Å². The van der Waals surface area contributed by atoms with Crippen LogP contribution >= 0.6 is 0 Å². The van der Waals surface area contributed by atoms with E-state index in [2.05, 4.69) is 5.32 Å². The quantitative estimate of drug-likeness (QED) is 0.781. The van der Waals surface area contributed by atoms with E-state index in [4.69, 9.17) is 4.74 Å². The third-order valence-corrected chi connectivity index (χ3v) is 2.02. The van der Waals surface area contributed by atoms with E-state index >= 15 is 0 Å². The number of para-hydroxylation sites is 1. The summed E-state index contributed by atoms with van der Waals surface area (Å²) >= 11 is 0. The van der Waals surface area contributed by atoms with Crippen LogP contribution < -0.4 is 5.32 Å². The van der Waals surface area contributed by atoms with E-state index in [9.17, 15) is 9.50 Å². The average molecular weight is 227 g/mol. The second-order valence-corrected chi connectivity index (χ2v) is 3.90. The molecule has 1 aromatic rings. The molecular formula is C12H18FNO2. The molecule has 1 aromatic carbocycles. The fraction of sp³-hybridized carbons (Fsp3) is 0.500. The van der Waals surface area contributed by atoms with E-state index in [0.29, 0.717) is 5.69 Å². The summed E-state index contributed by atoms with van der Waals surface area (Å²) in [5, 5.41) is 12.4.